The van der Waals surface area contributed by atoms with Crippen LogP contribution >= 0.6 is 46.6 Å². The molecule has 2 rings (SSSR count). The number of rotatable bonds is 1. The Balaban J connectivity index is 2.82. The van der Waals surface area contributed by atoms with Gasteiger partial charge in [-0.2, -0.15) is 0 Å². The number of thiol groups is 1. The van der Waals surface area contributed by atoms with Crippen LogP contribution in [0.15, 0.2) is 22.4 Å². The van der Waals surface area contributed by atoms with Crippen LogP contribution < -0.4 is 0 Å². The van der Waals surface area contributed by atoms with Gasteiger partial charge in [-0.25, -0.2) is 4.79 Å². The Hall–Kier alpha value is -0.270. The molecule has 0 saturated carbocycles. The fraction of sp³-hybridized carbons (Fsp3) is 0. The summed E-state index contributed by atoms with van der Waals surface area (Å²) in [5.41, 5.74) is 0.263. The summed E-state index contributed by atoms with van der Waals surface area (Å²) in [4.78, 5) is 11.4. The van der Waals surface area contributed by atoms with Crippen LogP contribution in [0.25, 0.3) is 10.1 Å². The normalized spacial score (nSPS) is 10.7. The maximum absolute atomic E-state index is 10.8. The molecule has 0 spiro atoms. The van der Waals surface area contributed by atoms with Crippen molar-refractivity contribution in [1.82, 2.24) is 0 Å². The lowest BCUT2D eigenvalue weighted by atomic mass is 10.2. The van der Waals surface area contributed by atoms with Crippen LogP contribution in [0.2, 0.25) is 0 Å². The molecule has 0 radical (unpaired) electrons. The first-order chi connectivity index (χ1) is 6.61. The van der Waals surface area contributed by atoms with E-state index in [-0.39, 0.29) is 5.56 Å². The zero-order valence-electron chi connectivity index (χ0n) is 6.82. The number of hydrogen-bond acceptors (Lipinski definition) is 3. The zero-order chi connectivity index (χ0) is 10.3. The second-order valence-electron chi connectivity index (χ2n) is 2.73. The average molecular weight is 336 g/mol. The Morgan fingerprint density at radius 2 is 2.21 bits per heavy atom. The highest BCUT2D eigenvalue weighted by atomic mass is 127. The zero-order valence-corrected chi connectivity index (χ0v) is 10.7. The fourth-order valence-corrected chi connectivity index (χ4v) is 3.56. The molecule has 2 nitrogen and oxygen atoms in total. The van der Waals surface area contributed by atoms with Gasteiger partial charge >= 0.3 is 5.97 Å². The Labute approximate surface area is 103 Å². The third kappa shape index (κ3) is 1.53. The molecule has 72 valence electrons. The summed E-state index contributed by atoms with van der Waals surface area (Å²) in [5.74, 6) is -0.930. The Kier molecular flexibility index (Phi) is 2.72. The van der Waals surface area contributed by atoms with Crippen molar-refractivity contribution in [1.29, 1.82) is 0 Å². The van der Waals surface area contributed by atoms with Gasteiger partial charge in [-0.1, -0.05) is 6.07 Å². The quantitative estimate of drug-likeness (QED) is 0.618. The highest BCUT2D eigenvalue weighted by Gasteiger charge is 2.12. The molecule has 0 unspecified atom stereocenters. The molecule has 1 heterocycles. The topological polar surface area (TPSA) is 37.3 Å². The van der Waals surface area contributed by atoms with Crippen molar-refractivity contribution in [2.75, 3.05) is 0 Å². The van der Waals surface area contributed by atoms with Gasteiger partial charge in [0.05, 0.1) is 5.56 Å². The van der Waals surface area contributed by atoms with E-state index in [1.807, 2.05) is 11.4 Å². The summed E-state index contributed by atoms with van der Waals surface area (Å²) in [5, 5.41) is 12.0. The molecule has 0 atom stereocenters. The van der Waals surface area contributed by atoms with Crippen LogP contribution in [-0.4, -0.2) is 11.1 Å². The van der Waals surface area contributed by atoms with E-state index in [0.29, 0.717) is 4.90 Å². The van der Waals surface area contributed by atoms with E-state index in [0.717, 1.165) is 13.7 Å². The molecule has 0 aliphatic heterocycles. The number of carboxylic acids is 1. The SMILES string of the molecule is O=C(O)c1ccc2c(I)csc2c1S. The maximum Gasteiger partial charge on any atom is 0.336 e. The lowest BCUT2D eigenvalue weighted by Gasteiger charge is -2.00. The molecule has 1 aromatic heterocycles. The second kappa shape index (κ2) is 3.71. The van der Waals surface area contributed by atoms with E-state index in [1.165, 1.54) is 11.3 Å². The summed E-state index contributed by atoms with van der Waals surface area (Å²) < 4.78 is 2.08. The summed E-state index contributed by atoms with van der Waals surface area (Å²) in [6, 6.07) is 3.43. The van der Waals surface area contributed by atoms with Crippen molar-refractivity contribution in [2.24, 2.45) is 0 Å². The van der Waals surface area contributed by atoms with Crippen molar-refractivity contribution in [3.05, 3.63) is 26.6 Å². The minimum absolute atomic E-state index is 0.263. The number of carbonyl (C=O) groups is 1. The first-order valence-corrected chi connectivity index (χ1v) is 6.14. The number of benzene rings is 1. The molecule has 1 N–H and O–H groups in total. The Morgan fingerprint density at radius 1 is 1.50 bits per heavy atom. The number of thiophene rings is 1. The van der Waals surface area contributed by atoms with Gasteiger partial charge in [-0.15, -0.1) is 24.0 Å². The smallest absolute Gasteiger partial charge is 0.336 e. The summed E-state index contributed by atoms with van der Waals surface area (Å²) in [7, 11) is 0. The van der Waals surface area contributed by atoms with Crippen LogP contribution in [0.3, 0.4) is 0 Å². The van der Waals surface area contributed by atoms with Gasteiger partial charge in [0, 0.05) is 23.9 Å². The number of hydrogen-bond donors (Lipinski definition) is 2. The van der Waals surface area contributed by atoms with E-state index in [1.54, 1.807) is 6.07 Å². The Morgan fingerprint density at radius 3 is 2.86 bits per heavy atom. The van der Waals surface area contributed by atoms with E-state index in [4.69, 9.17) is 5.11 Å². The summed E-state index contributed by atoms with van der Waals surface area (Å²) in [6.45, 7) is 0. The molecular formula is C9H5IO2S2. The van der Waals surface area contributed by atoms with Gasteiger partial charge < -0.3 is 5.11 Å². The molecule has 1 aromatic carbocycles. The molecule has 0 fully saturated rings. The third-order valence-corrected chi connectivity index (χ3v) is 4.84. The molecule has 0 aliphatic carbocycles. The minimum Gasteiger partial charge on any atom is -0.478 e. The van der Waals surface area contributed by atoms with Crippen LogP contribution in [0, 0.1) is 3.57 Å². The minimum atomic E-state index is -0.930. The molecular weight excluding hydrogens is 331 g/mol. The van der Waals surface area contributed by atoms with Crippen molar-refractivity contribution >= 4 is 62.6 Å². The van der Waals surface area contributed by atoms with E-state index in [9.17, 15) is 4.79 Å². The van der Waals surface area contributed by atoms with Crippen molar-refractivity contribution in [3.63, 3.8) is 0 Å². The molecule has 5 heteroatoms. The highest BCUT2D eigenvalue weighted by Crippen LogP contribution is 2.33. The lowest BCUT2D eigenvalue weighted by molar-refractivity contribution is 0.0693. The van der Waals surface area contributed by atoms with Crippen molar-refractivity contribution in [3.8, 4) is 0 Å². The van der Waals surface area contributed by atoms with Gasteiger partial charge in [0.25, 0.3) is 0 Å². The number of fused-ring (bicyclic) bond motifs is 1. The lowest BCUT2D eigenvalue weighted by Crippen LogP contribution is -1.97. The monoisotopic (exact) mass is 336 g/mol. The van der Waals surface area contributed by atoms with E-state index >= 15 is 0 Å². The molecule has 0 aliphatic rings. The molecule has 0 saturated heterocycles. The number of halogens is 1. The maximum atomic E-state index is 10.8. The van der Waals surface area contributed by atoms with Gasteiger partial charge in [0.1, 0.15) is 0 Å². The number of carboxylic acid groups (broad SMARTS) is 1. The van der Waals surface area contributed by atoms with Crippen LogP contribution in [0.4, 0.5) is 0 Å². The van der Waals surface area contributed by atoms with Crippen molar-refractivity contribution < 1.29 is 9.90 Å². The van der Waals surface area contributed by atoms with Gasteiger partial charge in [0.15, 0.2) is 0 Å². The molecule has 0 amide bonds. The van der Waals surface area contributed by atoms with Crippen molar-refractivity contribution in [2.45, 2.75) is 4.90 Å². The van der Waals surface area contributed by atoms with E-state index in [2.05, 4.69) is 35.2 Å². The molecule has 0 bridgehead atoms. The van der Waals surface area contributed by atoms with Gasteiger partial charge in [-0.3, -0.25) is 0 Å². The predicted molar refractivity (Wildman–Crippen MR) is 68.8 cm³/mol. The summed E-state index contributed by atoms with van der Waals surface area (Å²) in [6.07, 6.45) is 0. The molecule has 2 aromatic rings. The first-order valence-electron chi connectivity index (χ1n) is 3.73. The second-order valence-corrected chi connectivity index (χ2v) is 5.22. The first kappa shape index (κ1) is 10.3. The average Bonchev–Trinajstić information content (AvgIpc) is 2.49. The largest absolute Gasteiger partial charge is 0.478 e. The van der Waals surface area contributed by atoms with Crippen LogP contribution in [0.1, 0.15) is 10.4 Å². The third-order valence-electron chi connectivity index (χ3n) is 1.90. The number of aromatic carboxylic acids is 1. The van der Waals surface area contributed by atoms with Crippen LogP contribution in [0.5, 0.6) is 0 Å². The van der Waals surface area contributed by atoms with E-state index < -0.39 is 5.97 Å². The molecule has 14 heavy (non-hydrogen) atoms. The Bertz CT molecular complexity index is 519. The standard InChI is InChI=1S/C9H5IO2S2/c10-6-3-14-8-4(6)1-2-5(7(8)13)9(11)12/h1-3,13H,(H,11,12). The fourth-order valence-electron chi connectivity index (χ4n) is 1.23. The summed E-state index contributed by atoms with van der Waals surface area (Å²) >= 11 is 8.00. The van der Waals surface area contributed by atoms with Crippen LogP contribution in [-0.2, 0) is 0 Å². The van der Waals surface area contributed by atoms with Gasteiger partial charge in [-0.05, 0) is 28.7 Å². The predicted octanol–water partition coefficient (Wildman–Crippen LogP) is 3.49. The highest BCUT2D eigenvalue weighted by molar-refractivity contribution is 14.1. The van der Waals surface area contributed by atoms with Gasteiger partial charge in [0.2, 0.25) is 0 Å².